The van der Waals surface area contributed by atoms with Gasteiger partial charge >= 0.3 is 0 Å². The lowest BCUT2D eigenvalue weighted by atomic mass is 10.3. The van der Waals surface area contributed by atoms with Crippen molar-refractivity contribution in [1.29, 1.82) is 0 Å². The summed E-state index contributed by atoms with van der Waals surface area (Å²) in [7, 11) is 1.73. The van der Waals surface area contributed by atoms with Crippen molar-refractivity contribution < 1.29 is 0 Å². The van der Waals surface area contributed by atoms with Gasteiger partial charge < -0.3 is 0 Å². The summed E-state index contributed by atoms with van der Waals surface area (Å²) in [5, 5.41) is 0. The summed E-state index contributed by atoms with van der Waals surface area (Å²) in [5.41, 5.74) is 1.21. The maximum atomic E-state index is 3.87. The van der Waals surface area contributed by atoms with Gasteiger partial charge in [0.05, 0.1) is 0 Å². The second kappa shape index (κ2) is 7.18. The zero-order valence-corrected chi connectivity index (χ0v) is 9.82. The molecule has 0 aliphatic rings. The van der Waals surface area contributed by atoms with Crippen molar-refractivity contribution >= 4 is 30.3 Å². The number of halogens is 1. The zero-order valence-electron chi connectivity index (χ0n) is 6.85. The molecule has 0 saturated carbocycles. The lowest BCUT2D eigenvalue weighted by Crippen LogP contribution is -2.16. The van der Waals surface area contributed by atoms with E-state index < -0.39 is 0 Å². The normalized spacial score (nSPS) is 10.1. The molecule has 0 saturated heterocycles. The molecule has 0 amide bonds. The Labute approximate surface area is 85.6 Å². The monoisotopic (exact) mass is 283 g/mol. The van der Waals surface area contributed by atoms with Gasteiger partial charge in [-0.25, -0.2) is 4.31 Å². The van der Waals surface area contributed by atoms with Gasteiger partial charge in [-0.2, -0.15) is 0 Å². The summed E-state index contributed by atoms with van der Waals surface area (Å²) in [5.74, 6) is 0. The second-order valence-electron chi connectivity index (χ2n) is 2.47. The average molecular weight is 283 g/mol. The predicted molar refractivity (Wildman–Crippen MR) is 62.8 cm³/mol. The molecule has 0 aromatic heterocycles. The van der Waals surface area contributed by atoms with E-state index in [9.17, 15) is 0 Å². The smallest absolute Gasteiger partial charge is 0.0302 e. The van der Waals surface area contributed by atoms with Gasteiger partial charge in [-0.3, -0.25) is 0 Å². The van der Waals surface area contributed by atoms with Crippen LogP contribution in [0.15, 0.2) is 24.8 Å². The maximum absolute atomic E-state index is 3.87. The molecular weight excluding hydrogens is 269 g/mol. The zero-order chi connectivity index (χ0) is 8.69. The Hall–Kier alpha value is 0.520. The van der Waals surface area contributed by atoms with Gasteiger partial charge in [-0.05, 0) is 22.5 Å². The van der Waals surface area contributed by atoms with Crippen LogP contribution in [0.2, 0.25) is 0 Å². The highest BCUT2D eigenvalue weighted by molar-refractivity contribution is 14.2. The molecule has 0 aliphatic carbocycles. The van der Waals surface area contributed by atoms with Crippen LogP contribution in [-0.4, -0.2) is 17.4 Å². The van der Waals surface area contributed by atoms with Crippen LogP contribution in [0, 0.1) is 0 Å². The van der Waals surface area contributed by atoms with E-state index in [1.165, 1.54) is 5.57 Å². The average Bonchev–Trinajstić information content (AvgIpc) is 1.97. The molecule has 0 radical (unpaired) electrons. The van der Waals surface area contributed by atoms with Crippen LogP contribution in [0.3, 0.4) is 0 Å². The van der Waals surface area contributed by atoms with Crippen LogP contribution < -0.4 is 0 Å². The molecule has 0 rings (SSSR count). The van der Waals surface area contributed by atoms with Crippen LogP contribution in [0.1, 0.15) is 13.3 Å². The number of rotatable bonds is 6. The largest absolute Gasteiger partial charge is 0.237 e. The summed E-state index contributed by atoms with van der Waals surface area (Å²) >= 11 is 2.29. The molecule has 0 aromatic rings. The van der Waals surface area contributed by atoms with Crippen LogP contribution in [0.5, 0.6) is 0 Å². The van der Waals surface area contributed by atoms with E-state index in [0.717, 1.165) is 19.5 Å². The Morgan fingerprint density at radius 1 is 1.73 bits per heavy atom. The fraction of sp³-hybridized carbons (Fsp3) is 0.500. The van der Waals surface area contributed by atoms with E-state index in [0.29, 0.717) is 0 Å². The molecule has 0 heterocycles. The summed E-state index contributed by atoms with van der Waals surface area (Å²) < 4.78 is 2.27. The topological polar surface area (TPSA) is 3.24 Å². The molecule has 1 nitrogen and oxygen atoms in total. The first kappa shape index (κ1) is 11.5. The third-order valence-electron chi connectivity index (χ3n) is 1.13. The lowest BCUT2D eigenvalue weighted by Gasteiger charge is -2.16. The second-order valence-corrected chi connectivity index (χ2v) is 4.30. The van der Waals surface area contributed by atoms with Crippen molar-refractivity contribution in [1.82, 2.24) is 4.31 Å². The fourth-order valence-electron chi connectivity index (χ4n) is 0.674. The van der Waals surface area contributed by atoms with Gasteiger partial charge in [0.25, 0.3) is 0 Å². The molecule has 0 atom stereocenters. The number of nitrogens with zero attached hydrogens (tertiary/aromatic N) is 1. The van der Waals surface area contributed by atoms with Crippen LogP contribution in [-0.2, 0) is 0 Å². The van der Waals surface area contributed by atoms with Crippen molar-refractivity contribution in [2.45, 2.75) is 13.3 Å². The van der Waals surface area contributed by atoms with E-state index in [1.807, 2.05) is 13.0 Å². The third kappa shape index (κ3) is 6.90. The molecule has 0 spiro atoms. The molecular formula is C8H14INS. The van der Waals surface area contributed by atoms with Crippen molar-refractivity contribution in [3.05, 3.63) is 24.8 Å². The van der Waals surface area contributed by atoms with Crippen molar-refractivity contribution in [3.8, 4) is 0 Å². The van der Waals surface area contributed by atoms with Crippen LogP contribution >= 0.6 is 30.3 Å². The number of hydrogen-bond acceptors (Lipinski definition) is 2. The molecule has 0 unspecified atom stereocenters. The van der Waals surface area contributed by atoms with Crippen molar-refractivity contribution in [3.63, 3.8) is 0 Å². The highest BCUT2D eigenvalue weighted by atomic mass is 127. The lowest BCUT2D eigenvalue weighted by molar-refractivity contribution is 0.523. The molecule has 64 valence electrons. The molecule has 3 heteroatoms. The molecule has 0 aromatic carbocycles. The van der Waals surface area contributed by atoms with E-state index in [1.54, 1.807) is 9.12 Å². The minimum Gasteiger partial charge on any atom is -0.237 e. The van der Waals surface area contributed by atoms with Gasteiger partial charge in [-0.1, -0.05) is 18.2 Å². The Morgan fingerprint density at radius 3 is 2.73 bits per heavy atom. The number of hydrogen-bond donors (Lipinski definition) is 0. The van der Waals surface area contributed by atoms with E-state index in [-0.39, 0.29) is 0 Å². The SMILES string of the molecule is C=CCCN(CC(=C)C)SI. The summed E-state index contributed by atoms with van der Waals surface area (Å²) in [6.45, 7) is 11.6. The van der Waals surface area contributed by atoms with E-state index in [2.05, 4.69) is 38.7 Å². The fourth-order valence-corrected chi connectivity index (χ4v) is 2.13. The van der Waals surface area contributed by atoms with Gasteiger partial charge in [0.1, 0.15) is 0 Å². The highest BCUT2D eigenvalue weighted by Crippen LogP contribution is 2.19. The quantitative estimate of drug-likeness (QED) is 0.417. The van der Waals surface area contributed by atoms with Gasteiger partial charge in [-0.15, -0.1) is 6.58 Å². The maximum Gasteiger partial charge on any atom is 0.0302 e. The summed E-state index contributed by atoms with van der Waals surface area (Å²) in [6, 6.07) is 0. The molecule has 11 heavy (non-hydrogen) atoms. The Balaban J connectivity index is 3.57. The van der Waals surface area contributed by atoms with E-state index in [4.69, 9.17) is 0 Å². The highest BCUT2D eigenvalue weighted by Gasteiger charge is 2.01. The molecule has 0 aliphatic heterocycles. The Morgan fingerprint density at radius 2 is 2.36 bits per heavy atom. The molecule has 0 fully saturated rings. The van der Waals surface area contributed by atoms with Gasteiger partial charge in [0, 0.05) is 34.3 Å². The summed E-state index contributed by atoms with van der Waals surface area (Å²) in [4.78, 5) is 0. The molecule has 0 N–H and O–H groups in total. The standard InChI is InChI=1S/C8H14INS/c1-4-5-6-10(11-9)7-8(2)3/h4H,1-2,5-7H2,3H3. The minimum atomic E-state index is 0.974. The Bertz CT molecular complexity index is 136. The molecule has 0 bridgehead atoms. The predicted octanol–water partition coefficient (Wildman–Crippen LogP) is 3.44. The van der Waals surface area contributed by atoms with Crippen LogP contribution in [0.25, 0.3) is 0 Å². The first-order valence-corrected chi connectivity index (χ1v) is 6.81. The van der Waals surface area contributed by atoms with Crippen LogP contribution in [0.4, 0.5) is 0 Å². The van der Waals surface area contributed by atoms with Crippen molar-refractivity contribution in [2.24, 2.45) is 0 Å². The van der Waals surface area contributed by atoms with Gasteiger partial charge in [0.2, 0.25) is 0 Å². The minimum absolute atomic E-state index is 0.974. The first-order valence-electron chi connectivity index (χ1n) is 3.49. The van der Waals surface area contributed by atoms with Gasteiger partial charge in [0.15, 0.2) is 0 Å². The third-order valence-corrected chi connectivity index (χ3v) is 3.30. The Kier molecular flexibility index (Phi) is 7.52. The van der Waals surface area contributed by atoms with E-state index >= 15 is 0 Å². The van der Waals surface area contributed by atoms with Crippen molar-refractivity contribution in [2.75, 3.05) is 13.1 Å². The first-order chi connectivity index (χ1) is 5.20. The summed E-state index contributed by atoms with van der Waals surface area (Å²) in [6.07, 6.45) is 2.99.